The van der Waals surface area contributed by atoms with Crippen LogP contribution in [-0.2, 0) is 4.74 Å². The van der Waals surface area contributed by atoms with Gasteiger partial charge >= 0.3 is 5.97 Å². The summed E-state index contributed by atoms with van der Waals surface area (Å²) < 4.78 is 4.65. The lowest BCUT2D eigenvalue weighted by molar-refractivity contribution is 0.0600. The average molecular weight is 339 g/mol. The van der Waals surface area contributed by atoms with Gasteiger partial charge in [-0.05, 0) is 43.2 Å². The predicted octanol–water partition coefficient (Wildman–Crippen LogP) is 2.01. The Labute approximate surface area is 144 Å². The maximum absolute atomic E-state index is 12.4. The van der Waals surface area contributed by atoms with Gasteiger partial charge < -0.3 is 15.4 Å². The molecule has 0 atom stereocenters. The molecule has 3 rings (SSSR count). The zero-order valence-electron chi connectivity index (χ0n) is 13.6. The Hall–Kier alpha value is -3.22. The molecule has 0 saturated heterocycles. The zero-order chi connectivity index (χ0) is 17.8. The van der Waals surface area contributed by atoms with Crippen molar-refractivity contribution >= 4 is 23.5 Å². The van der Waals surface area contributed by atoms with Gasteiger partial charge in [0.1, 0.15) is 11.4 Å². The molecule has 7 nitrogen and oxygen atoms in total. The number of carbonyl (C=O) groups is 3. The first kappa shape index (κ1) is 16.6. The molecule has 0 spiro atoms. The first-order valence-corrected chi connectivity index (χ1v) is 7.84. The fourth-order valence-electron chi connectivity index (χ4n) is 2.21. The number of nitrogens with one attached hydrogen (secondary N) is 2. The number of methoxy groups -OCH3 is 1. The van der Waals surface area contributed by atoms with E-state index in [9.17, 15) is 14.4 Å². The minimum absolute atomic E-state index is 0.118. The molecule has 0 aliphatic heterocycles. The Kier molecular flexibility index (Phi) is 4.74. The lowest BCUT2D eigenvalue weighted by Gasteiger charge is -2.08. The molecule has 1 aliphatic rings. The van der Waals surface area contributed by atoms with Gasteiger partial charge in [-0.3, -0.25) is 9.59 Å². The Balaban J connectivity index is 1.72. The summed E-state index contributed by atoms with van der Waals surface area (Å²) in [5.41, 5.74) is 1.07. The van der Waals surface area contributed by atoms with Gasteiger partial charge in [0.25, 0.3) is 11.8 Å². The zero-order valence-corrected chi connectivity index (χ0v) is 13.6. The van der Waals surface area contributed by atoms with Crippen LogP contribution in [0.3, 0.4) is 0 Å². The molecule has 1 aromatic carbocycles. The Bertz CT molecular complexity index is 831. The fraction of sp³-hybridized carbons (Fsp3) is 0.222. The number of hydrogen-bond acceptors (Lipinski definition) is 5. The summed E-state index contributed by atoms with van der Waals surface area (Å²) in [6.07, 6.45) is 1.95. The number of rotatable bonds is 5. The van der Waals surface area contributed by atoms with Crippen LogP contribution in [0.5, 0.6) is 0 Å². The molecule has 2 aromatic rings. The summed E-state index contributed by atoms with van der Waals surface area (Å²) in [7, 11) is 1.29. The molecule has 2 N–H and O–H groups in total. The van der Waals surface area contributed by atoms with Crippen molar-refractivity contribution in [2.24, 2.45) is 0 Å². The van der Waals surface area contributed by atoms with Gasteiger partial charge in [-0.1, -0.05) is 12.1 Å². The van der Waals surface area contributed by atoms with Crippen molar-refractivity contribution in [3.63, 3.8) is 0 Å². The third-order valence-corrected chi connectivity index (χ3v) is 3.67. The second-order valence-corrected chi connectivity index (χ2v) is 5.68. The van der Waals surface area contributed by atoms with Gasteiger partial charge in [0.05, 0.1) is 12.7 Å². The molecule has 2 amide bonds. The Morgan fingerprint density at radius 3 is 2.40 bits per heavy atom. The highest BCUT2D eigenvalue weighted by Gasteiger charge is 2.24. The van der Waals surface area contributed by atoms with E-state index in [0.29, 0.717) is 11.3 Å². The van der Waals surface area contributed by atoms with Crippen LogP contribution in [-0.4, -0.2) is 35.9 Å². The first-order valence-electron chi connectivity index (χ1n) is 7.84. The number of aromatic nitrogens is 1. The van der Waals surface area contributed by atoms with Gasteiger partial charge in [-0.2, -0.15) is 0 Å². The van der Waals surface area contributed by atoms with Crippen molar-refractivity contribution in [2.45, 2.75) is 18.9 Å². The summed E-state index contributed by atoms with van der Waals surface area (Å²) in [6, 6.07) is 11.3. The number of hydrogen-bond donors (Lipinski definition) is 2. The number of benzene rings is 1. The molecule has 25 heavy (non-hydrogen) atoms. The number of ether oxygens (including phenoxy) is 1. The van der Waals surface area contributed by atoms with E-state index in [1.165, 1.54) is 19.2 Å². The molecule has 7 heteroatoms. The maximum Gasteiger partial charge on any atom is 0.337 e. The molecule has 1 heterocycles. The summed E-state index contributed by atoms with van der Waals surface area (Å²) >= 11 is 0. The number of anilines is 1. The number of esters is 1. The molecule has 128 valence electrons. The van der Waals surface area contributed by atoms with E-state index in [2.05, 4.69) is 20.4 Å². The Morgan fingerprint density at radius 1 is 1.04 bits per heavy atom. The van der Waals surface area contributed by atoms with Crippen LogP contribution in [0.4, 0.5) is 5.69 Å². The second-order valence-electron chi connectivity index (χ2n) is 5.68. The van der Waals surface area contributed by atoms with Crippen LogP contribution in [0.2, 0.25) is 0 Å². The molecule has 1 fully saturated rings. The van der Waals surface area contributed by atoms with Gasteiger partial charge in [-0.25, -0.2) is 9.78 Å². The van der Waals surface area contributed by atoms with Gasteiger partial charge in [0.2, 0.25) is 0 Å². The van der Waals surface area contributed by atoms with E-state index >= 15 is 0 Å². The molecule has 0 radical (unpaired) electrons. The predicted molar refractivity (Wildman–Crippen MR) is 90.5 cm³/mol. The van der Waals surface area contributed by atoms with Crippen LogP contribution in [0.15, 0.2) is 42.5 Å². The van der Waals surface area contributed by atoms with Crippen LogP contribution >= 0.6 is 0 Å². The SMILES string of the molecule is COC(=O)c1cccc(NC(=O)c2cccc(C(=O)NC3CC3)n2)c1. The van der Waals surface area contributed by atoms with Crippen molar-refractivity contribution in [3.8, 4) is 0 Å². The molecular weight excluding hydrogens is 322 g/mol. The quantitative estimate of drug-likeness (QED) is 0.812. The third-order valence-electron chi connectivity index (χ3n) is 3.67. The summed E-state index contributed by atoms with van der Waals surface area (Å²) in [4.78, 5) is 40.0. The standard InChI is InChI=1S/C18H17N3O4/c1-25-18(24)11-4-2-5-13(10-11)20-17(23)15-7-3-6-14(21-15)16(22)19-12-8-9-12/h2-7,10,12H,8-9H2,1H3,(H,19,22)(H,20,23). The maximum atomic E-state index is 12.4. The van der Waals surface area contributed by atoms with Crippen molar-refractivity contribution < 1.29 is 19.1 Å². The summed E-state index contributed by atoms with van der Waals surface area (Å²) in [6.45, 7) is 0. The number of amides is 2. The minimum atomic E-state index is -0.493. The minimum Gasteiger partial charge on any atom is -0.465 e. The van der Waals surface area contributed by atoms with Gasteiger partial charge in [0, 0.05) is 11.7 Å². The molecular formula is C18H17N3O4. The van der Waals surface area contributed by atoms with Crippen molar-refractivity contribution in [3.05, 3.63) is 59.4 Å². The lowest BCUT2D eigenvalue weighted by Crippen LogP contribution is -2.27. The highest BCUT2D eigenvalue weighted by molar-refractivity contribution is 6.04. The van der Waals surface area contributed by atoms with Crippen molar-refractivity contribution in [1.82, 2.24) is 10.3 Å². The average Bonchev–Trinajstić information content (AvgIpc) is 3.45. The van der Waals surface area contributed by atoms with E-state index in [1.54, 1.807) is 30.3 Å². The van der Waals surface area contributed by atoms with E-state index < -0.39 is 11.9 Å². The smallest absolute Gasteiger partial charge is 0.337 e. The summed E-state index contributed by atoms with van der Waals surface area (Å²) in [5.74, 6) is -1.25. The Morgan fingerprint density at radius 2 is 1.72 bits per heavy atom. The third kappa shape index (κ3) is 4.20. The van der Waals surface area contributed by atoms with E-state index in [0.717, 1.165) is 12.8 Å². The van der Waals surface area contributed by atoms with E-state index in [4.69, 9.17) is 0 Å². The van der Waals surface area contributed by atoms with Crippen molar-refractivity contribution in [1.29, 1.82) is 0 Å². The highest BCUT2D eigenvalue weighted by atomic mass is 16.5. The number of nitrogens with zero attached hydrogens (tertiary/aromatic N) is 1. The lowest BCUT2D eigenvalue weighted by atomic mass is 10.2. The van der Waals surface area contributed by atoms with Gasteiger partial charge in [-0.15, -0.1) is 0 Å². The number of carbonyl (C=O) groups excluding carboxylic acids is 3. The monoisotopic (exact) mass is 339 g/mol. The molecule has 1 aliphatic carbocycles. The first-order chi connectivity index (χ1) is 12.1. The molecule has 0 bridgehead atoms. The number of pyridine rings is 1. The van der Waals surface area contributed by atoms with Crippen LogP contribution in [0.25, 0.3) is 0 Å². The fourth-order valence-corrected chi connectivity index (χ4v) is 2.21. The van der Waals surface area contributed by atoms with Crippen molar-refractivity contribution in [2.75, 3.05) is 12.4 Å². The highest BCUT2D eigenvalue weighted by Crippen LogP contribution is 2.19. The van der Waals surface area contributed by atoms with Gasteiger partial charge in [0.15, 0.2) is 0 Å². The van der Waals surface area contributed by atoms with Crippen LogP contribution < -0.4 is 10.6 Å². The largest absolute Gasteiger partial charge is 0.465 e. The normalized spacial score (nSPS) is 13.0. The molecule has 1 aromatic heterocycles. The second kappa shape index (κ2) is 7.12. The molecule has 1 saturated carbocycles. The van der Waals surface area contributed by atoms with Crippen LogP contribution in [0.1, 0.15) is 44.2 Å². The van der Waals surface area contributed by atoms with E-state index in [-0.39, 0.29) is 23.3 Å². The summed E-state index contributed by atoms with van der Waals surface area (Å²) in [5, 5.41) is 5.48. The molecule has 0 unspecified atom stereocenters. The van der Waals surface area contributed by atoms with Crippen LogP contribution in [0, 0.1) is 0 Å². The van der Waals surface area contributed by atoms with E-state index in [1.807, 2.05) is 0 Å². The topological polar surface area (TPSA) is 97.4 Å².